The summed E-state index contributed by atoms with van der Waals surface area (Å²) in [6.45, 7) is 0. The third kappa shape index (κ3) is 2.17. The predicted octanol–water partition coefficient (Wildman–Crippen LogP) is 3.84. The Bertz CT molecular complexity index is 485. The molecule has 0 bridgehead atoms. The molecule has 0 saturated heterocycles. The molecule has 2 rings (SSSR count). The fourth-order valence-electron chi connectivity index (χ4n) is 1.32. The molecule has 0 spiro atoms. The van der Waals surface area contributed by atoms with Crippen molar-refractivity contribution < 1.29 is 0 Å². The lowest BCUT2D eigenvalue weighted by Gasteiger charge is -2.07. The lowest BCUT2D eigenvalue weighted by molar-refractivity contribution is 1.05. The quantitative estimate of drug-likeness (QED) is 0.768. The van der Waals surface area contributed by atoms with Gasteiger partial charge in [-0.3, -0.25) is 0 Å². The van der Waals surface area contributed by atoms with Gasteiger partial charge in [-0.2, -0.15) is 0 Å². The molecule has 15 heavy (non-hydrogen) atoms. The van der Waals surface area contributed by atoms with E-state index in [2.05, 4.69) is 9.97 Å². The molecular formula is C10H7Cl3N2. The Kier molecular flexibility index (Phi) is 3.29. The minimum atomic E-state index is -0.698. The lowest BCUT2D eigenvalue weighted by atomic mass is 10.2. The number of aromatic nitrogens is 2. The van der Waals surface area contributed by atoms with Crippen LogP contribution in [0.15, 0.2) is 24.3 Å². The summed E-state index contributed by atoms with van der Waals surface area (Å²) in [4.78, 5) is 7.99. The van der Waals surface area contributed by atoms with Gasteiger partial charge in [0.25, 0.3) is 0 Å². The number of alkyl halides is 3. The molecule has 78 valence electrons. The summed E-state index contributed by atoms with van der Waals surface area (Å²) < 4.78 is 0. The van der Waals surface area contributed by atoms with Crippen molar-refractivity contribution in [2.75, 3.05) is 0 Å². The molecule has 2 nitrogen and oxygen atoms in total. The summed E-state index contributed by atoms with van der Waals surface area (Å²) in [5.41, 5.74) is 2.73. The van der Waals surface area contributed by atoms with Gasteiger partial charge in [-0.05, 0) is 12.1 Å². The highest BCUT2D eigenvalue weighted by Gasteiger charge is 2.13. The number of benzene rings is 1. The van der Waals surface area contributed by atoms with Crippen LogP contribution in [0, 0.1) is 0 Å². The monoisotopic (exact) mass is 260 g/mol. The Morgan fingerprint density at radius 2 is 1.67 bits per heavy atom. The predicted molar refractivity (Wildman–Crippen MR) is 63.5 cm³/mol. The van der Waals surface area contributed by atoms with Crippen molar-refractivity contribution in [3.63, 3.8) is 0 Å². The van der Waals surface area contributed by atoms with Gasteiger partial charge in [-0.25, -0.2) is 9.97 Å². The van der Waals surface area contributed by atoms with E-state index < -0.39 is 4.84 Å². The van der Waals surface area contributed by atoms with Gasteiger partial charge < -0.3 is 0 Å². The van der Waals surface area contributed by atoms with Gasteiger partial charge in [-0.1, -0.05) is 35.3 Å². The summed E-state index contributed by atoms with van der Waals surface area (Å²) in [5.74, 6) is 0.253. The molecule has 0 saturated carbocycles. The first kappa shape index (κ1) is 10.9. The van der Waals surface area contributed by atoms with Crippen molar-refractivity contribution in [3.05, 3.63) is 35.7 Å². The maximum atomic E-state index is 5.79. The third-order valence-electron chi connectivity index (χ3n) is 2.01. The molecule has 2 aromatic rings. The second kappa shape index (κ2) is 4.52. The van der Waals surface area contributed by atoms with Crippen LogP contribution in [-0.2, 0) is 5.88 Å². The van der Waals surface area contributed by atoms with Crippen molar-refractivity contribution in [3.8, 4) is 0 Å². The van der Waals surface area contributed by atoms with Crippen LogP contribution < -0.4 is 0 Å². The topological polar surface area (TPSA) is 25.8 Å². The first-order valence-corrected chi connectivity index (χ1v) is 5.73. The number of nitrogens with zero attached hydrogens (tertiary/aromatic N) is 2. The molecule has 1 aromatic carbocycles. The highest BCUT2D eigenvalue weighted by atomic mass is 35.5. The highest BCUT2D eigenvalue weighted by molar-refractivity contribution is 6.44. The second-order valence-electron chi connectivity index (χ2n) is 2.98. The number of hydrogen-bond donors (Lipinski definition) is 0. The van der Waals surface area contributed by atoms with E-state index in [1.807, 2.05) is 24.3 Å². The van der Waals surface area contributed by atoms with E-state index in [0.29, 0.717) is 11.4 Å². The minimum Gasteiger partial charge on any atom is -0.248 e. The van der Waals surface area contributed by atoms with Gasteiger partial charge in [0.15, 0.2) is 4.84 Å². The van der Waals surface area contributed by atoms with Crippen molar-refractivity contribution in [1.82, 2.24) is 9.97 Å². The molecule has 0 aliphatic carbocycles. The Balaban J connectivity index is 2.69. The fraction of sp³-hybridized carbons (Fsp3) is 0.200. The van der Waals surface area contributed by atoms with E-state index in [0.717, 1.165) is 11.0 Å². The van der Waals surface area contributed by atoms with Crippen molar-refractivity contribution in [2.24, 2.45) is 0 Å². The van der Waals surface area contributed by atoms with Gasteiger partial charge in [0, 0.05) is 0 Å². The molecule has 1 heterocycles. The molecule has 0 atom stereocenters. The fourth-order valence-corrected chi connectivity index (χ4v) is 1.87. The van der Waals surface area contributed by atoms with E-state index in [-0.39, 0.29) is 5.88 Å². The number of para-hydroxylation sites is 2. The van der Waals surface area contributed by atoms with E-state index in [1.165, 1.54) is 0 Å². The maximum Gasteiger partial charge on any atom is 0.151 e. The standard InChI is InChI=1S/C10H7Cl3N2/c11-5-8-9(10(12)13)15-7-4-2-1-3-6(7)14-8/h1-4,10H,5H2. The number of halogens is 3. The molecule has 0 fully saturated rings. The Morgan fingerprint density at radius 3 is 2.20 bits per heavy atom. The van der Waals surface area contributed by atoms with Crippen LogP contribution in [0.2, 0.25) is 0 Å². The summed E-state index contributed by atoms with van der Waals surface area (Å²) in [7, 11) is 0. The van der Waals surface area contributed by atoms with E-state index >= 15 is 0 Å². The smallest absolute Gasteiger partial charge is 0.151 e. The van der Waals surface area contributed by atoms with Crippen molar-refractivity contribution >= 4 is 45.8 Å². The number of fused-ring (bicyclic) bond motifs is 1. The molecule has 5 heteroatoms. The molecule has 0 aliphatic rings. The molecule has 0 aliphatic heterocycles. The zero-order chi connectivity index (χ0) is 10.8. The summed E-state index contributed by atoms with van der Waals surface area (Å²) in [6, 6.07) is 7.52. The van der Waals surface area contributed by atoms with E-state index in [4.69, 9.17) is 34.8 Å². The molecular weight excluding hydrogens is 254 g/mol. The van der Waals surface area contributed by atoms with Crippen LogP contribution in [0.5, 0.6) is 0 Å². The zero-order valence-corrected chi connectivity index (χ0v) is 9.89. The first-order chi connectivity index (χ1) is 7.22. The second-order valence-corrected chi connectivity index (χ2v) is 4.34. The van der Waals surface area contributed by atoms with Crippen molar-refractivity contribution in [1.29, 1.82) is 0 Å². The van der Waals surface area contributed by atoms with Crippen LogP contribution in [-0.4, -0.2) is 9.97 Å². The largest absolute Gasteiger partial charge is 0.248 e. The zero-order valence-electron chi connectivity index (χ0n) is 7.62. The molecule has 0 N–H and O–H groups in total. The van der Waals surface area contributed by atoms with Crippen molar-refractivity contribution in [2.45, 2.75) is 10.7 Å². The van der Waals surface area contributed by atoms with Crippen LogP contribution >= 0.6 is 34.8 Å². The summed E-state index contributed by atoms with van der Waals surface area (Å²) in [6.07, 6.45) is 0. The minimum absolute atomic E-state index is 0.253. The van der Waals surface area contributed by atoms with Crippen LogP contribution in [0.3, 0.4) is 0 Å². The van der Waals surface area contributed by atoms with E-state index in [9.17, 15) is 0 Å². The van der Waals surface area contributed by atoms with Gasteiger partial charge in [0.05, 0.1) is 28.3 Å². The van der Waals surface area contributed by atoms with E-state index in [1.54, 1.807) is 0 Å². The molecule has 1 aromatic heterocycles. The highest BCUT2D eigenvalue weighted by Crippen LogP contribution is 2.27. The van der Waals surface area contributed by atoms with Gasteiger partial charge in [0.2, 0.25) is 0 Å². The molecule has 0 unspecified atom stereocenters. The average molecular weight is 262 g/mol. The summed E-state index contributed by atoms with van der Waals surface area (Å²) in [5, 5.41) is 0. The van der Waals surface area contributed by atoms with Gasteiger partial charge >= 0.3 is 0 Å². The SMILES string of the molecule is ClCc1nc2ccccc2nc1C(Cl)Cl. The van der Waals surface area contributed by atoms with Crippen LogP contribution in [0.1, 0.15) is 16.2 Å². The number of hydrogen-bond acceptors (Lipinski definition) is 2. The average Bonchev–Trinajstić information content (AvgIpc) is 2.27. The Hall–Kier alpha value is -0.570. The van der Waals surface area contributed by atoms with Crippen LogP contribution in [0.4, 0.5) is 0 Å². The Morgan fingerprint density at radius 1 is 1.07 bits per heavy atom. The molecule has 0 radical (unpaired) electrons. The Labute approximate surface area is 102 Å². The summed E-state index contributed by atoms with van der Waals surface area (Å²) >= 11 is 17.3. The third-order valence-corrected chi connectivity index (χ3v) is 2.67. The van der Waals surface area contributed by atoms with Gasteiger partial charge in [0.1, 0.15) is 0 Å². The first-order valence-electron chi connectivity index (χ1n) is 4.32. The van der Waals surface area contributed by atoms with Gasteiger partial charge in [-0.15, -0.1) is 11.6 Å². The lowest BCUT2D eigenvalue weighted by Crippen LogP contribution is -2.00. The number of rotatable bonds is 2. The maximum absolute atomic E-state index is 5.79. The van der Waals surface area contributed by atoms with Crippen LogP contribution in [0.25, 0.3) is 11.0 Å². The molecule has 0 amide bonds. The normalized spacial score (nSPS) is 11.2.